The largest absolute Gasteiger partial charge is 0.414 e. The van der Waals surface area contributed by atoms with Crippen molar-refractivity contribution in [3.8, 4) is 0 Å². The van der Waals surface area contributed by atoms with E-state index in [1.807, 2.05) is 7.11 Å². The fourth-order valence-electron chi connectivity index (χ4n) is 9.43. The van der Waals surface area contributed by atoms with Gasteiger partial charge in [-0.25, -0.2) is 0 Å². The highest BCUT2D eigenvalue weighted by molar-refractivity contribution is 5.11. The molecule has 0 saturated heterocycles. The minimum absolute atomic E-state index is 0.0306. The summed E-state index contributed by atoms with van der Waals surface area (Å²) in [4.78, 5) is 0. The van der Waals surface area contributed by atoms with Crippen molar-refractivity contribution in [1.29, 1.82) is 0 Å². The number of ether oxygens (including phenoxy) is 1. The molecule has 0 aromatic heterocycles. The number of hydrogen-bond donors (Lipinski definition) is 1. The molecule has 10 atom stereocenters. The van der Waals surface area contributed by atoms with Gasteiger partial charge in [-0.1, -0.05) is 27.7 Å². The van der Waals surface area contributed by atoms with Crippen LogP contribution in [0.3, 0.4) is 0 Å². The van der Waals surface area contributed by atoms with Gasteiger partial charge in [0.25, 0.3) is 0 Å². The van der Waals surface area contributed by atoms with E-state index in [0.717, 1.165) is 38.2 Å². The Balaban J connectivity index is 1.53. The van der Waals surface area contributed by atoms with E-state index < -0.39 is 18.2 Å². The molecule has 1 N–H and O–H groups in total. The average Bonchev–Trinajstić information content (AvgIpc) is 3.04. The Morgan fingerprint density at radius 2 is 1.61 bits per heavy atom. The van der Waals surface area contributed by atoms with Crippen LogP contribution in [-0.4, -0.2) is 31.1 Å². The Bertz CT molecular complexity index is 666. The molecule has 0 amide bonds. The van der Waals surface area contributed by atoms with E-state index in [1.165, 1.54) is 32.1 Å². The van der Waals surface area contributed by atoms with Crippen molar-refractivity contribution in [3.05, 3.63) is 0 Å². The van der Waals surface area contributed by atoms with E-state index in [0.29, 0.717) is 23.2 Å². The van der Waals surface area contributed by atoms with Crippen molar-refractivity contribution in [2.24, 2.45) is 51.8 Å². The Morgan fingerprint density at radius 3 is 2.26 bits per heavy atom. The first-order valence-electron chi connectivity index (χ1n) is 12.6. The van der Waals surface area contributed by atoms with Crippen LogP contribution in [0.4, 0.5) is 13.2 Å². The van der Waals surface area contributed by atoms with Crippen LogP contribution < -0.4 is 0 Å². The second-order valence-corrected chi connectivity index (χ2v) is 12.7. The summed E-state index contributed by atoms with van der Waals surface area (Å²) in [6, 6.07) is 0. The van der Waals surface area contributed by atoms with E-state index in [4.69, 9.17) is 4.74 Å². The summed E-state index contributed by atoms with van der Waals surface area (Å²) < 4.78 is 45.3. The normalized spacial score (nSPS) is 49.6. The van der Waals surface area contributed by atoms with E-state index in [-0.39, 0.29) is 16.7 Å². The van der Waals surface area contributed by atoms with Crippen LogP contribution in [0.2, 0.25) is 0 Å². The third kappa shape index (κ3) is 3.78. The van der Waals surface area contributed by atoms with E-state index in [9.17, 15) is 18.3 Å². The van der Waals surface area contributed by atoms with Gasteiger partial charge in [0.15, 0.2) is 6.10 Å². The summed E-state index contributed by atoms with van der Waals surface area (Å²) in [5, 5.41) is 10.0. The molecule has 4 rings (SSSR count). The third-order valence-corrected chi connectivity index (χ3v) is 11.1. The molecule has 4 aliphatic rings. The summed E-state index contributed by atoms with van der Waals surface area (Å²) >= 11 is 0. The molecule has 4 fully saturated rings. The van der Waals surface area contributed by atoms with Gasteiger partial charge in [-0.15, -0.1) is 0 Å². The van der Waals surface area contributed by atoms with Gasteiger partial charge in [-0.3, -0.25) is 0 Å². The van der Waals surface area contributed by atoms with E-state index in [2.05, 4.69) is 20.8 Å². The molecule has 0 aromatic carbocycles. The highest BCUT2D eigenvalue weighted by atomic mass is 19.4. The Kier molecular flexibility index (Phi) is 6.07. The molecule has 31 heavy (non-hydrogen) atoms. The van der Waals surface area contributed by atoms with Crippen LogP contribution in [0.15, 0.2) is 0 Å². The molecule has 0 radical (unpaired) electrons. The predicted octanol–water partition coefficient (Wildman–Crippen LogP) is 6.86. The number of aliphatic hydroxyl groups excluding tert-OH is 1. The van der Waals surface area contributed by atoms with Crippen molar-refractivity contribution >= 4 is 0 Å². The predicted molar refractivity (Wildman–Crippen MR) is 116 cm³/mol. The molecule has 5 heteroatoms. The Morgan fingerprint density at radius 1 is 0.935 bits per heavy atom. The lowest BCUT2D eigenvalue weighted by atomic mass is 9.43. The van der Waals surface area contributed by atoms with E-state index in [1.54, 1.807) is 6.92 Å². The van der Waals surface area contributed by atoms with Crippen molar-refractivity contribution in [2.45, 2.75) is 97.8 Å². The Labute approximate surface area is 186 Å². The van der Waals surface area contributed by atoms with Crippen molar-refractivity contribution in [1.82, 2.24) is 0 Å². The summed E-state index contributed by atoms with van der Waals surface area (Å²) in [6.07, 6.45) is 3.55. The van der Waals surface area contributed by atoms with Gasteiger partial charge >= 0.3 is 6.18 Å². The van der Waals surface area contributed by atoms with Gasteiger partial charge in [0.1, 0.15) is 0 Å². The number of aliphatic hydroxyl groups is 1. The van der Waals surface area contributed by atoms with Crippen LogP contribution in [-0.2, 0) is 4.74 Å². The first-order chi connectivity index (χ1) is 14.4. The minimum atomic E-state index is -4.52. The fourth-order valence-corrected chi connectivity index (χ4v) is 9.43. The summed E-state index contributed by atoms with van der Waals surface area (Å²) in [5.74, 6) is 1.87. The topological polar surface area (TPSA) is 29.5 Å². The molecule has 2 nitrogen and oxygen atoms in total. The molecule has 0 aromatic rings. The van der Waals surface area contributed by atoms with Crippen molar-refractivity contribution in [3.63, 3.8) is 0 Å². The van der Waals surface area contributed by atoms with Gasteiger partial charge in [0.2, 0.25) is 0 Å². The second-order valence-electron chi connectivity index (χ2n) is 12.7. The first kappa shape index (κ1) is 23.9. The number of halogens is 3. The van der Waals surface area contributed by atoms with Crippen LogP contribution in [0.1, 0.15) is 85.5 Å². The van der Waals surface area contributed by atoms with Crippen LogP contribution in [0.25, 0.3) is 0 Å². The molecule has 180 valence electrons. The highest BCUT2D eigenvalue weighted by Crippen LogP contribution is 2.69. The van der Waals surface area contributed by atoms with Gasteiger partial charge in [-0.2, -0.15) is 13.2 Å². The standard InChI is InChI=1S/C26H43F3O2/c1-16(22(30)26(27,28)29)19-8-9-20-18-7-6-17-14-23(2,15-31-5)12-13-24(17,3)21(18)10-11-25(19,20)4/h16-22,30H,6-15H2,1-5H3/t16-,17+,18-,19+,20-,21-,22+,23+,24-,25+/m0/s1. The molecule has 0 unspecified atom stereocenters. The second kappa shape index (κ2) is 7.89. The monoisotopic (exact) mass is 444 g/mol. The Hall–Kier alpha value is -0.290. The molecular formula is C26H43F3O2. The minimum Gasteiger partial charge on any atom is -0.384 e. The third-order valence-electron chi connectivity index (χ3n) is 11.1. The molecule has 0 heterocycles. The van der Waals surface area contributed by atoms with Crippen LogP contribution >= 0.6 is 0 Å². The molecule has 0 bridgehead atoms. The quantitative estimate of drug-likeness (QED) is 0.513. The molecular weight excluding hydrogens is 401 g/mol. The van der Waals surface area contributed by atoms with Gasteiger partial charge in [0.05, 0.1) is 6.61 Å². The molecule has 0 aliphatic heterocycles. The van der Waals surface area contributed by atoms with Crippen LogP contribution in [0.5, 0.6) is 0 Å². The maximum atomic E-state index is 13.3. The average molecular weight is 445 g/mol. The molecule has 4 aliphatic carbocycles. The zero-order valence-corrected chi connectivity index (χ0v) is 20.1. The number of hydrogen-bond acceptors (Lipinski definition) is 2. The first-order valence-corrected chi connectivity index (χ1v) is 12.6. The van der Waals surface area contributed by atoms with Crippen molar-refractivity contribution < 1.29 is 23.0 Å². The van der Waals surface area contributed by atoms with E-state index >= 15 is 0 Å². The zero-order valence-electron chi connectivity index (χ0n) is 20.1. The fraction of sp³-hybridized carbons (Fsp3) is 1.00. The lowest BCUT2D eigenvalue weighted by Gasteiger charge is -2.62. The smallest absolute Gasteiger partial charge is 0.384 e. The van der Waals surface area contributed by atoms with Crippen LogP contribution in [0, 0.1) is 51.8 Å². The van der Waals surface area contributed by atoms with Gasteiger partial charge in [0, 0.05) is 7.11 Å². The maximum absolute atomic E-state index is 13.3. The SMILES string of the molecule is COC[C@]1(C)CC[C@@]2(C)[C@H](CC[C@@H]3[C@@H]2CC[C@]2(C)[C@@H]([C@H](C)[C@@H](O)C(F)(F)F)CC[C@@H]32)C1. The number of alkyl halides is 3. The number of fused-ring (bicyclic) bond motifs is 5. The number of rotatable bonds is 4. The summed E-state index contributed by atoms with van der Waals surface area (Å²) in [6.45, 7) is 9.66. The van der Waals surface area contributed by atoms with Gasteiger partial charge in [-0.05, 0) is 110 Å². The van der Waals surface area contributed by atoms with Gasteiger partial charge < -0.3 is 9.84 Å². The molecule has 4 saturated carbocycles. The number of methoxy groups -OCH3 is 1. The maximum Gasteiger partial charge on any atom is 0.414 e. The highest BCUT2D eigenvalue weighted by Gasteiger charge is 2.62. The summed E-state index contributed by atoms with van der Waals surface area (Å²) in [7, 11) is 1.81. The lowest BCUT2D eigenvalue weighted by Crippen LogP contribution is -2.55. The molecule has 0 spiro atoms. The van der Waals surface area contributed by atoms with Crippen molar-refractivity contribution in [2.75, 3.05) is 13.7 Å². The summed E-state index contributed by atoms with van der Waals surface area (Å²) in [5.41, 5.74) is 0.596. The lowest BCUT2D eigenvalue weighted by molar-refractivity contribution is -0.228. The zero-order chi connectivity index (χ0) is 22.8.